The van der Waals surface area contributed by atoms with Gasteiger partial charge in [0.05, 0.1) is 25.1 Å². The Morgan fingerprint density at radius 3 is 2.34 bits per heavy atom. The summed E-state index contributed by atoms with van der Waals surface area (Å²) in [5.41, 5.74) is 1.73. The van der Waals surface area contributed by atoms with Crippen molar-refractivity contribution in [1.29, 1.82) is 0 Å². The van der Waals surface area contributed by atoms with E-state index in [4.69, 9.17) is 9.47 Å². The zero-order chi connectivity index (χ0) is 23.1. The molecule has 0 saturated heterocycles. The molecule has 2 aromatic carbocycles. The zero-order valence-electron chi connectivity index (χ0n) is 18.2. The highest BCUT2D eigenvalue weighted by atomic mass is 16.5. The lowest BCUT2D eigenvalue weighted by Crippen LogP contribution is -2.32. The molecule has 3 aromatic rings. The lowest BCUT2D eigenvalue weighted by atomic mass is 10.0. The molecule has 166 valence electrons. The average molecular weight is 435 g/mol. The monoisotopic (exact) mass is 435 g/mol. The molecule has 0 spiro atoms. The number of aromatic carboxylic acids is 1. The molecule has 1 heterocycles. The summed E-state index contributed by atoms with van der Waals surface area (Å²) in [5.74, 6) is 0.254. The van der Waals surface area contributed by atoms with Crippen LogP contribution in [-0.2, 0) is 6.54 Å². The topological polar surface area (TPSA) is 102 Å². The molecule has 1 amide bonds. The molecule has 0 saturated carbocycles. The van der Waals surface area contributed by atoms with Crippen LogP contribution < -0.4 is 9.47 Å². The van der Waals surface area contributed by atoms with Gasteiger partial charge in [-0.15, -0.1) is 0 Å². The Morgan fingerprint density at radius 1 is 1.06 bits per heavy atom. The van der Waals surface area contributed by atoms with Gasteiger partial charge in [-0.2, -0.15) is 0 Å². The second kappa shape index (κ2) is 10.4. The number of aryl methyl sites for hydroxylation is 1. The Hall–Kier alpha value is -3.94. The molecule has 0 aliphatic carbocycles. The SMILES string of the molecule is CCCN(Cc1ccc(C(=O)O)c(C)c1)C(=O)c1ncc(Oc2ccccc2OC)cn1. The summed E-state index contributed by atoms with van der Waals surface area (Å²) >= 11 is 0. The van der Waals surface area contributed by atoms with Crippen LogP contribution >= 0.6 is 0 Å². The summed E-state index contributed by atoms with van der Waals surface area (Å²) in [6.45, 7) is 4.56. The van der Waals surface area contributed by atoms with Crippen molar-refractivity contribution in [3.8, 4) is 17.2 Å². The van der Waals surface area contributed by atoms with Gasteiger partial charge in [0.1, 0.15) is 0 Å². The van der Waals surface area contributed by atoms with Crippen LogP contribution in [0.25, 0.3) is 0 Å². The fourth-order valence-corrected chi connectivity index (χ4v) is 3.26. The minimum absolute atomic E-state index is 0.0599. The molecule has 1 aromatic heterocycles. The van der Waals surface area contributed by atoms with Gasteiger partial charge in [0, 0.05) is 13.1 Å². The average Bonchev–Trinajstić information content (AvgIpc) is 2.79. The predicted molar refractivity (Wildman–Crippen MR) is 118 cm³/mol. The molecule has 8 nitrogen and oxygen atoms in total. The maximum atomic E-state index is 13.0. The number of carboxylic acid groups (broad SMARTS) is 1. The van der Waals surface area contributed by atoms with Crippen LogP contribution in [0, 0.1) is 6.92 Å². The van der Waals surface area contributed by atoms with E-state index >= 15 is 0 Å². The van der Waals surface area contributed by atoms with Crippen molar-refractivity contribution in [2.24, 2.45) is 0 Å². The Balaban J connectivity index is 1.74. The van der Waals surface area contributed by atoms with Gasteiger partial charge in [-0.3, -0.25) is 4.79 Å². The molecule has 0 unspecified atom stereocenters. The zero-order valence-corrected chi connectivity index (χ0v) is 18.2. The van der Waals surface area contributed by atoms with Gasteiger partial charge in [-0.05, 0) is 42.7 Å². The maximum Gasteiger partial charge on any atom is 0.335 e. The van der Waals surface area contributed by atoms with Crippen LogP contribution in [0.3, 0.4) is 0 Å². The molecule has 32 heavy (non-hydrogen) atoms. The molecule has 0 atom stereocenters. The molecule has 1 N–H and O–H groups in total. The number of amides is 1. The second-order valence-electron chi connectivity index (χ2n) is 7.18. The van der Waals surface area contributed by atoms with Gasteiger partial charge >= 0.3 is 5.97 Å². The van der Waals surface area contributed by atoms with E-state index in [2.05, 4.69) is 9.97 Å². The summed E-state index contributed by atoms with van der Waals surface area (Å²) in [4.78, 5) is 34.3. The molecule has 3 rings (SSSR count). The minimum Gasteiger partial charge on any atom is -0.493 e. The fourth-order valence-electron chi connectivity index (χ4n) is 3.26. The number of benzene rings is 2. The second-order valence-corrected chi connectivity index (χ2v) is 7.18. The van der Waals surface area contributed by atoms with Crippen LogP contribution in [0.2, 0.25) is 0 Å². The molecule has 8 heteroatoms. The largest absolute Gasteiger partial charge is 0.493 e. The predicted octanol–water partition coefficient (Wildman–Crippen LogP) is 4.34. The third-order valence-electron chi connectivity index (χ3n) is 4.79. The molecular weight excluding hydrogens is 410 g/mol. The number of carboxylic acids is 1. The van der Waals surface area contributed by atoms with Crippen molar-refractivity contribution < 1.29 is 24.2 Å². The first-order valence-corrected chi connectivity index (χ1v) is 10.2. The van der Waals surface area contributed by atoms with Gasteiger partial charge in [0.15, 0.2) is 17.2 Å². The van der Waals surface area contributed by atoms with Gasteiger partial charge < -0.3 is 19.5 Å². The summed E-state index contributed by atoms with van der Waals surface area (Å²) < 4.78 is 11.0. The maximum absolute atomic E-state index is 13.0. The van der Waals surface area contributed by atoms with Crippen molar-refractivity contribution in [3.05, 3.63) is 77.4 Å². The standard InChI is InChI=1S/C24H25N3O5/c1-4-11-27(15-17-9-10-19(24(29)30)16(2)12-17)23(28)22-25-13-18(14-26-22)32-21-8-6-5-7-20(21)31-3/h5-10,12-14H,4,11,15H2,1-3H3,(H,29,30). The van der Waals surface area contributed by atoms with Crippen LogP contribution in [0.5, 0.6) is 17.2 Å². The van der Waals surface area contributed by atoms with Crippen LogP contribution in [0.15, 0.2) is 54.9 Å². The van der Waals surface area contributed by atoms with E-state index in [1.54, 1.807) is 49.3 Å². The first-order valence-electron chi connectivity index (χ1n) is 10.2. The van der Waals surface area contributed by atoms with Gasteiger partial charge in [-0.1, -0.05) is 31.2 Å². The normalized spacial score (nSPS) is 10.5. The molecule has 0 bridgehead atoms. The molecule has 0 radical (unpaired) electrons. The number of rotatable bonds is 9. The lowest BCUT2D eigenvalue weighted by Gasteiger charge is -2.22. The Kier molecular flexibility index (Phi) is 7.38. The summed E-state index contributed by atoms with van der Waals surface area (Å²) in [6, 6.07) is 12.3. The van der Waals surface area contributed by atoms with Gasteiger partial charge in [0.25, 0.3) is 5.91 Å². The van der Waals surface area contributed by atoms with E-state index in [0.717, 1.165) is 12.0 Å². The summed E-state index contributed by atoms with van der Waals surface area (Å²) in [6.07, 6.45) is 3.65. The Bertz CT molecular complexity index is 1100. The van der Waals surface area contributed by atoms with Crippen molar-refractivity contribution in [2.45, 2.75) is 26.8 Å². The van der Waals surface area contributed by atoms with E-state index in [1.165, 1.54) is 12.4 Å². The minimum atomic E-state index is -0.973. The number of carbonyl (C=O) groups is 2. The van der Waals surface area contributed by atoms with Gasteiger partial charge in [0.2, 0.25) is 5.82 Å². The van der Waals surface area contributed by atoms with Gasteiger partial charge in [-0.25, -0.2) is 14.8 Å². The number of carbonyl (C=O) groups excluding carboxylic acids is 1. The van der Waals surface area contributed by atoms with Crippen molar-refractivity contribution in [1.82, 2.24) is 14.9 Å². The number of hydrogen-bond donors (Lipinski definition) is 1. The first kappa shape index (κ1) is 22.7. The Labute approximate surface area is 186 Å². The molecule has 0 aliphatic rings. The number of nitrogens with zero attached hydrogens (tertiary/aromatic N) is 3. The van der Waals surface area contributed by atoms with E-state index in [9.17, 15) is 14.7 Å². The van der Waals surface area contributed by atoms with Crippen LogP contribution in [0.4, 0.5) is 0 Å². The third-order valence-corrected chi connectivity index (χ3v) is 4.79. The molecular formula is C24H25N3O5. The number of ether oxygens (including phenoxy) is 2. The number of hydrogen-bond acceptors (Lipinski definition) is 6. The summed E-state index contributed by atoms with van der Waals surface area (Å²) in [5, 5.41) is 9.21. The first-order chi connectivity index (χ1) is 15.4. The highest BCUT2D eigenvalue weighted by Gasteiger charge is 2.19. The van der Waals surface area contributed by atoms with E-state index in [-0.39, 0.29) is 17.3 Å². The number of methoxy groups -OCH3 is 1. The van der Waals surface area contributed by atoms with Crippen molar-refractivity contribution >= 4 is 11.9 Å². The highest BCUT2D eigenvalue weighted by molar-refractivity contribution is 5.91. The lowest BCUT2D eigenvalue weighted by molar-refractivity contribution is 0.0692. The fraction of sp³-hybridized carbons (Fsp3) is 0.250. The van der Waals surface area contributed by atoms with Crippen LogP contribution in [0.1, 0.15) is 45.4 Å². The van der Waals surface area contributed by atoms with E-state index in [0.29, 0.717) is 35.9 Å². The summed E-state index contributed by atoms with van der Waals surface area (Å²) in [7, 11) is 1.56. The van der Waals surface area contributed by atoms with E-state index in [1.807, 2.05) is 19.1 Å². The smallest absolute Gasteiger partial charge is 0.335 e. The quantitative estimate of drug-likeness (QED) is 0.533. The number of aromatic nitrogens is 2. The van der Waals surface area contributed by atoms with Crippen molar-refractivity contribution in [3.63, 3.8) is 0 Å². The molecule has 0 fully saturated rings. The highest BCUT2D eigenvalue weighted by Crippen LogP contribution is 2.30. The molecule has 0 aliphatic heterocycles. The third kappa shape index (κ3) is 5.40. The number of para-hydroxylation sites is 2. The van der Waals surface area contributed by atoms with Crippen molar-refractivity contribution in [2.75, 3.05) is 13.7 Å². The Morgan fingerprint density at radius 2 is 1.75 bits per heavy atom. The van der Waals surface area contributed by atoms with Crippen LogP contribution in [-0.4, -0.2) is 45.5 Å². The van der Waals surface area contributed by atoms with E-state index < -0.39 is 5.97 Å².